The average Bonchev–Trinajstić information content (AvgIpc) is 3.20. The molecule has 2 aromatic rings. The number of benzene rings is 1. The highest BCUT2D eigenvalue weighted by Gasteiger charge is 2.28. The van der Waals surface area contributed by atoms with Crippen LogP contribution in [0.25, 0.3) is 0 Å². The maximum absolute atomic E-state index is 12.6. The molecule has 0 bridgehead atoms. The Kier molecular flexibility index (Phi) is 7.73. The summed E-state index contributed by atoms with van der Waals surface area (Å²) in [6.07, 6.45) is 0.780. The van der Waals surface area contributed by atoms with Gasteiger partial charge >= 0.3 is 5.97 Å². The third-order valence-electron chi connectivity index (χ3n) is 3.92. The first-order valence-electron chi connectivity index (χ1n) is 8.58. The van der Waals surface area contributed by atoms with Crippen LogP contribution in [-0.4, -0.2) is 49.2 Å². The zero-order valence-electron chi connectivity index (χ0n) is 15.4. The van der Waals surface area contributed by atoms with Gasteiger partial charge in [0.05, 0.1) is 31.4 Å². The second-order valence-corrected chi connectivity index (χ2v) is 6.07. The van der Waals surface area contributed by atoms with Crippen molar-refractivity contribution in [3.05, 3.63) is 54.3 Å². The normalized spacial score (nSPS) is 12.8. The molecule has 4 N–H and O–H groups in total. The van der Waals surface area contributed by atoms with Crippen LogP contribution in [0.4, 0.5) is 5.88 Å². The van der Waals surface area contributed by atoms with Crippen LogP contribution in [0.3, 0.4) is 0 Å². The van der Waals surface area contributed by atoms with Crippen LogP contribution in [-0.2, 0) is 19.1 Å². The average molecular weight is 389 g/mol. The Labute approximate surface area is 162 Å². The number of carboxylic acids is 1. The molecule has 2 rings (SSSR count). The highest BCUT2D eigenvalue weighted by atomic mass is 16.5. The summed E-state index contributed by atoms with van der Waals surface area (Å²) in [5, 5.41) is 11.7. The Bertz CT molecular complexity index is 778. The van der Waals surface area contributed by atoms with Crippen molar-refractivity contribution in [3.63, 3.8) is 0 Å². The molecule has 150 valence electrons. The van der Waals surface area contributed by atoms with Crippen LogP contribution in [0.15, 0.2) is 53.1 Å². The van der Waals surface area contributed by atoms with Crippen molar-refractivity contribution in [3.8, 4) is 0 Å². The molecule has 0 spiro atoms. The van der Waals surface area contributed by atoms with Crippen molar-refractivity contribution in [2.75, 3.05) is 25.2 Å². The second kappa shape index (κ2) is 10.2. The minimum atomic E-state index is -1.31. The highest BCUT2D eigenvalue weighted by molar-refractivity contribution is 6.01. The van der Waals surface area contributed by atoms with Crippen molar-refractivity contribution < 1.29 is 28.6 Å². The number of hydrogen-bond donors (Lipinski definition) is 3. The molecule has 0 radical (unpaired) electrons. The van der Waals surface area contributed by atoms with Crippen molar-refractivity contribution >= 4 is 23.7 Å². The Balaban J connectivity index is 2.13. The maximum atomic E-state index is 12.6. The first-order chi connectivity index (χ1) is 13.4. The number of anilines is 1. The van der Waals surface area contributed by atoms with Crippen molar-refractivity contribution in [2.45, 2.75) is 18.5 Å². The van der Waals surface area contributed by atoms with E-state index < -0.39 is 36.3 Å². The number of rotatable bonds is 10. The molecule has 1 aromatic carbocycles. The molecule has 0 unspecified atom stereocenters. The molecule has 1 heterocycles. The summed E-state index contributed by atoms with van der Waals surface area (Å²) in [4.78, 5) is 37.0. The lowest BCUT2D eigenvalue weighted by Gasteiger charge is -2.24. The third kappa shape index (κ3) is 5.93. The number of methoxy groups -OCH3 is 1. The molecule has 0 aliphatic carbocycles. The van der Waals surface area contributed by atoms with E-state index in [0.29, 0.717) is 0 Å². The number of hydrogen-bond acceptors (Lipinski definition) is 6. The summed E-state index contributed by atoms with van der Waals surface area (Å²) in [6, 6.07) is 10.6. The molecule has 28 heavy (non-hydrogen) atoms. The van der Waals surface area contributed by atoms with Crippen molar-refractivity contribution in [2.24, 2.45) is 5.73 Å². The number of aliphatic carboxylic acids is 1. The van der Waals surface area contributed by atoms with E-state index in [9.17, 15) is 14.4 Å². The van der Waals surface area contributed by atoms with Crippen LogP contribution in [0, 0.1) is 0 Å². The van der Waals surface area contributed by atoms with Gasteiger partial charge in [-0.25, -0.2) is 0 Å². The van der Waals surface area contributed by atoms with E-state index in [0.717, 1.165) is 10.5 Å². The fourth-order valence-corrected chi connectivity index (χ4v) is 2.62. The SMILES string of the molecule is COC[C@H](NC(=O)CN(C(=O)[C@@H](N)CC(=O)O)c1ccco1)c1ccccc1. The van der Waals surface area contributed by atoms with Crippen LogP contribution in [0.1, 0.15) is 18.0 Å². The zero-order valence-corrected chi connectivity index (χ0v) is 15.4. The Morgan fingerprint density at radius 3 is 2.50 bits per heavy atom. The lowest BCUT2D eigenvalue weighted by Crippen LogP contribution is -2.49. The van der Waals surface area contributed by atoms with E-state index >= 15 is 0 Å². The first kappa shape index (κ1) is 21.1. The standard InChI is InChI=1S/C19H23N3O6/c1-27-12-15(13-6-3-2-4-7-13)21-16(23)11-22(17-8-5-9-28-17)19(26)14(20)10-18(24)25/h2-9,14-15H,10-12,20H2,1H3,(H,21,23)(H,24,25)/t14-,15-/m0/s1. The zero-order chi connectivity index (χ0) is 20.5. The third-order valence-corrected chi connectivity index (χ3v) is 3.92. The summed E-state index contributed by atoms with van der Waals surface area (Å²) in [5.74, 6) is -2.31. The number of nitrogens with one attached hydrogen (secondary N) is 1. The van der Waals surface area contributed by atoms with Gasteiger partial charge in [-0.05, 0) is 11.6 Å². The van der Waals surface area contributed by atoms with E-state index in [4.69, 9.17) is 20.0 Å². The van der Waals surface area contributed by atoms with E-state index in [1.165, 1.54) is 19.4 Å². The fourth-order valence-electron chi connectivity index (χ4n) is 2.62. The largest absolute Gasteiger partial charge is 0.481 e. The molecule has 2 atom stereocenters. The number of carboxylic acid groups (broad SMARTS) is 1. The molecular formula is C19H23N3O6. The molecule has 0 saturated carbocycles. The molecule has 0 aliphatic heterocycles. The predicted octanol–water partition coefficient (Wildman–Crippen LogP) is 0.919. The summed E-state index contributed by atoms with van der Waals surface area (Å²) in [6.45, 7) is -0.143. The number of ether oxygens (including phenoxy) is 1. The van der Waals surface area contributed by atoms with Crippen LogP contribution in [0.2, 0.25) is 0 Å². The Morgan fingerprint density at radius 2 is 1.93 bits per heavy atom. The van der Waals surface area contributed by atoms with Gasteiger partial charge in [0.2, 0.25) is 17.7 Å². The number of furan rings is 1. The molecule has 1 aromatic heterocycles. The van der Waals surface area contributed by atoms with Gasteiger partial charge in [0.1, 0.15) is 6.54 Å². The summed E-state index contributed by atoms with van der Waals surface area (Å²) < 4.78 is 10.4. The molecule has 0 saturated heterocycles. The Morgan fingerprint density at radius 1 is 1.21 bits per heavy atom. The molecule has 0 fully saturated rings. The smallest absolute Gasteiger partial charge is 0.305 e. The molecule has 0 aliphatic rings. The molecule has 2 amide bonds. The van der Waals surface area contributed by atoms with Gasteiger partial charge in [-0.15, -0.1) is 0 Å². The topological polar surface area (TPSA) is 135 Å². The monoisotopic (exact) mass is 389 g/mol. The number of carbonyl (C=O) groups excluding carboxylic acids is 2. The maximum Gasteiger partial charge on any atom is 0.305 e. The quantitative estimate of drug-likeness (QED) is 0.550. The van der Waals surface area contributed by atoms with Gasteiger partial charge in [0.15, 0.2) is 0 Å². The van der Waals surface area contributed by atoms with Crippen LogP contribution < -0.4 is 16.0 Å². The summed E-state index contributed by atoms with van der Waals surface area (Å²) in [7, 11) is 1.52. The van der Waals surface area contributed by atoms with Gasteiger partial charge in [-0.3, -0.25) is 19.3 Å². The minimum Gasteiger partial charge on any atom is -0.481 e. The van der Waals surface area contributed by atoms with Gasteiger partial charge in [-0.1, -0.05) is 30.3 Å². The van der Waals surface area contributed by atoms with Gasteiger partial charge in [-0.2, -0.15) is 0 Å². The molecule has 9 heteroatoms. The summed E-state index contributed by atoms with van der Waals surface area (Å²) >= 11 is 0. The van der Waals surface area contributed by atoms with Crippen LogP contribution >= 0.6 is 0 Å². The van der Waals surface area contributed by atoms with E-state index in [-0.39, 0.29) is 19.0 Å². The minimum absolute atomic E-state index is 0.101. The van der Waals surface area contributed by atoms with Gasteiger partial charge in [0.25, 0.3) is 0 Å². The van der Waals surface area contributed by atoms with Gasteiger partial charge in [0, 0.05) is 13.2 Å². The predicted molar refractivity (Wildman–Crippen MR) is 100 cm³/mol. The second-order valence-electron chi connectivity index (χ2n) is 6.07. The lowest BCUT2D eigenvalue weighted by molar-refractivity contribution is -0.139. The highest BCUT2D eigenvalue weighted by Crippen LogP contribution is 2.17. The van der Waals surface area contributed by atoms with E-state index in [1.807, 2.05) is 30.3 Å². The number of carbonyl (C=O) groups is 3. The lowest BCUT2D eigenvalue weighted by atomic mass is 10.1. The first-order valence-corrected chi connectivity index (χ1v) is 8.58. The fraction of sp³-hybridized carbons (Fsp3) is 0.316. The molecular weight excluding hydrogens is 366 g/mol. The van der Waals surface area contributed by atoms with Crippen molar-refractivity contribution in [1.29, 1.82) is 0 Å². The Hall–Kier alpha value is -3.17. The van der Waals surface area contributed by atoms with Gasteiger partial charge < -0.3 is 25.3 Å². The number of amides is 2. The van der Waals surface area contributed by atoms with Crippen LogP contribution in [0.5, 0.6) is 0 Å². The van der Waals surface area contributed by atoms with E-state index in [1.54, 1.807) is 6.07 Å². The number of nitrogens with two attached hydrogens (primary N) is 1. The summed E-state index contributed by atoms with van der Waals surface area (Å²) in [5.41, 5.74) is 6.52. The van der Waals surface area contributed by atoms with Crippen molar-refractivity contribution in [1.82, 2.24) is 5.32 Å². The molecule has 9 nitrogen and oxygen atoms in total. The van der Waals surface area contributed by atoms with E-state index in [2.05, 4.69) is 5.32 Å². The number of nitrogens with zero attached hydrogens (tertiary/aromatic N) is 1.